The predicted octanol–water partition coefficient (Wildman–Crippen LogP) is 3.48. The van der Waals surface area contributed by atoms with Crippen LogP contribution in [-0.2, 0) is 0 Å². The van der Waals surface area contributed by atoms with Gasteiger partial charge in [0, 0.05) is 11.1 Å². The Morgan fingerprint density at radius 3 is 2.53 bits per heavy atom. The average molecular weight is 248 g/mol. The summed E-state index contributed by atoms with van der Waals surface area (Å²) in [6.07, 6.45) is 1.44. The molecule has 0 amide bonds. The van der Waals surface area contributed by atoms with Gasteiger partial charge >= 0.3 is 0 Å². The number of hydrogen-bond donors (Lipinski definition) is 0. The third-order valence-corrected chi connectivity index (χ3v) is 3.52. The van der Waals surface area contributed by atoms with Gasteiger partial charge in [0.2, 0.25) is 5.78 Å². The van der Waals surface area contributed by atoms with Crippen LogP contribution in [0.2, 0.25) is 0 Å². The third-order valence-electron chi connectivity index (χ3n) is 3.52. The highest BCUT2D eigenvalue weighted by molar-refractivity contribution is 6.54. The molecular formula is C16H8O3. The molecule has 3 heteroatoms. The van der Waals surface area contributed by atoms with Crippen LogP contribution in [0.1, 0.15) is 20.9 Å². The highest BCUT2D eigenvalue weighted by Gasteiger charge is 2.34. The Labute approximate surface area is 108 Å². The first kappa shape index (κ1) is 10.3. The molecule has 1 heterocycles. The molecule has 0 unspecified atom stereocenters. The molecule has 0 fully saturated rings. The Balaban J connectivity index is 2.21. The molecule has 0 radical (unpaired) electrons. The van der Waals surface area contributed by atoms with Crippen LogP contribution in [0.5, 0.6) is 0 Å². The van der Waals surface area contributed by atoms with Crippen LogP contribution in [0.4, 0.5) is 0 Å². The molecule has 90 valence electrons. The van der Waals surface area contributed by atoms with Gasteiger partial charge in [-0.25, -0.2) is 0 Å². The van der Waals surface area contributed by atoms with Crippen molar-refractivity contribution in [2.45, 2.75) is 0 Å². The van der Waals surface area contributed by atoms with E-state index in [2.05, 4.69) is 0 Å². The van der Waals surface area contributed by atoms with E-state index in [9.17, 15) is 9.59 Å². The van der Waals surface area contributed by atoms with Crippen molar-refractivity contribution in [1.82, 2.24) is 0 Å². The zero-order chi connectivity index (χ0) is 13.0. The second-order valence-electron chi connectivity index (χ2n) is 4.53. The summed E-state index contributed by atoms with van der Waals surface area (Å²) in [7, 11) is 0. The van der Waals surface area contributed by atoms with Crippen LogP contribution in [0, 0.1) is 0 Å². The number of carbonyl (C=O) groups excluding carboxylic acids is 2. The Morgan fingerprint density at radius 1 is 0.789 bits per heavy atom. The Bertz CT molecular complexity index is 855. The maximum absolute atomic E-state index is 12.3. The van der Waals surface area contributed by atoms with Gasteiger partial charge in [-0.2, -0.15) is 0 Å². The maximum atomic E-state index is 12.3. The first-order valence-electron chi connectivity index (χ1n) is 5.96. The van der Waals surface area contributed by atoms with Crippen LogP contribution in [0.25, 0.3) is 21.9 Å². The fourth-order valence-corrected chi connectivity index (χ4v) is 2.65. The summed E-state index contributed by atoms with van der Waals surface area (Å²) in [5, 5.41) is 1.76. The van der Waals surface area contributed by atoms with Crippen LogP contribution >= 0.6 is 0 Å². The Morgan fingerprint density at radius 2 is 1.63 bits per heavy atom. The number of fused-ring (bicyclic) bond motifs is 5. The molecule has 2 aromatic carbocycles. The molecule has 0 saturated heterocycles. The molecule has 4 rings (SSSR count). The quantitative estimate of drug-likeness (QED) is 0.572. The number of Topliss-reactive ketones (excluding diaryl/α,β-unsaturated/α-hetero) is 2. The summed E-state index contributed by atoms with van der Waals surface area (Å²) >= 11 is 0. The van der Waals surface area contributed by atoms with E-state index in [1.54, 1.807) is 6.07 Å². The van der Waals surface area contributed by atoms with E-state index in [0.717, 1.165) is 16.3 Å². The fourth-order valence-electron chi connectivity index (χ4n) is 2.65. The average Bonchev–Trinajstić information content (AvgIpc) is 2.93. The van der Waals surface area contributed by atoms with Crippen molar-refractivity contribution in [3.05, 3.63) is 60.1 Å². The minimum absolute atomic E-state index is 0.146. The summed E-state index contributed by atoms with van der Waals surface area (Å²) in [5.74, 6) is -0.911. The van der Waals surface area contributed by atoms with E-state index in [0.29, 0.717) is 11.1 Å². The number of rotatable bonds is 0. The molecule has 3 nitrogen and oxygen atoms in total. The summed E-state index contributed by atoms with van der Waals surface area (Å²) < 4.78 is 5.14. The first-order valence-corrected chi connectivity index (χ1v) is 5.96. The van der Waals surface area contributed by atoms with Crippen molar-refractivity contribution in [3.8, 4) is 11.1 Å². The lowest BCUT2D eigenvalue weighted by Gasteiger charge is -2.15. The smallest absolute Gasteiger partial charge is 0.269 e. The minimum Gasteiger partial charge on any atom is -0.460 e. The van der Waals surface area contributed by atoms with Crippen molar-refractivity contribution in [2.75, 3.05) is 0 Å². The van der Waals surface area contributed by atoms with Crippen molar-refractivity contribution in [1.29, 1.82) is 0 Å². The molecular weight excluding hydrogens is 240 g/mol. The van der Waals surface area contributed by atoms with Gasteiger partial charge in [-0.05, 0) is 22.4 Å². The van der Waals surface area contributed by atoms with Crippen LogP contribution < -0.4 is 0 Å². The lowest BCUT2D eigenvalue weighted by molar-refractivity contribution is 0.0800. The molecule has 0 spiro atoms. The molecule has 0 bridgehead atoms. The lowest BCUT2D eigenvalue weighted by Crippen LogP contribution is -2.20. The standard InChI is InChI=1S/C16H8O3/c17-14-13-10-4-2-1-3-9(10)5-6-11(13)12-7-8-19-16(12)15(14)18/h1-8H. The maximum Gasteiger partial charge on any atom is 0.269 e. The summed E-state index contributed by atoms with van der Waals surface area (Å²) in [6, 6.07) is 13.1. The molecule has 19 heavy (non-hydrogen) atoms. The second-order valence-corrected chi connectivity index (χ2v) is 4.53. The van der Waals surface area contributed by atoms with Gasteiger partial charge in [0.25, 0.3) is 5.78 Å². The van der Waals surface area contributed by atoms with E-state index in [1.807, 2.05) is 36.4 Å². The monoisotopic (exact) mass is 248 g/mol. The zero-order valence-electron chi connectivity index (χ0n) is 9.84. The molecule has 0 saturated carbocycles. The van der Waals surface area contributed by atoms with Crippen LogP contribution in [0.15, 0.2) is 53.1 Å². The predicted molar refractivity (Wildman–Crippen MR) is 70.3 cm³/mol. The second kappa shape index (κ2) is 3.42. The summed E-state index contributed by atoms with van der Waals surface area (Å²) in [6.45, 7) is 0. The molecule has 1 aliphatic rings. The highest BCUT2D eigenvalue weighted by Crippen LogP contribution is 2.37. The summed E-state index contributed by atoms with van der Waals surface area (Å²) in [4.78, 5) is 24.3. The number of carbonyl (C=O) groups is 2. The molecule has 1 aliphatic carbocycles. The van der Waals surface area contributed by atoms with Gasteiger partial charge in [-0.15, -0.1) is 0 Å². The van der Waals surface area contributed by atoms with Crippen molar-refractivity contribution < 1.29 is 14.0 Å². The van der Waals surface area contributed by atoms with E-state index in [1.165, 1.54) is 6.26 Å². The molecule has 0 atom stereocenters. The fraction of sp³-hybridized carbons (Fsp3) is 0. The van der Waals surface area contributed by atoms with Gasteiger partial charge in [0.1, 0.15) is 0 Å². The molecule has 0 aliphatic heterocycles. The van der Waals surface area contributed by atoms with E-state index < -0.39 is 11.6 Å². The number of ketones is 2. The topological polar surface area (TPSA) is 47.3 Å². The van der Waals surface area contributed by atoms with E-state index in [4.69, 9.17) is 4.42 Å². The Kier molecular flexibility index (Phi) is 1.85. The largest absolute Gasteiger partial charge is 0.460 e. The van der Waals surface area contributed by atoms with Gasteiger partial charge < -0.3 is 4.42 Å². The molecule has 1 aromatic heterocycles. The van der Waals surface area contributed by atoms with Gasteiger partial charge in [-0.3, -0.25) is 9.59 Å². The Hall–Kier alpha value is -2.68. The third kappa shape index (κ3) is 1.21. The van der Waals surface area contributed by atoms with Crippen LogP contribution in [-0.4, -0.2) is 11.6 Å². The van der Waals surface area contributed by atoms with Gasteiger partial charge in [0.15, 0.2) is 5.76 Å². The molecule has 0 N–H and O–H groups in total. The van der Waals surface area contributed by atoms with Crippen molar-refractivity contribution in [2.24, 2.45) is 0 Å². The molecule has 3 aromatic rings. The lowest BCUT2D eigenvalue weighted by atomic mass is 9.85. The number of furan rings is 1. The number of hydrogen-bond acceptors (Lipinski definition) is 3. The summed E-state index contributed by atoms with van der Waals surface area (Å²) in [5.41, 5.74) is 1.95. The number of benzene rings is 2. The van der Waals surface area contributed by atoms with Crippen molar-refractivity contribution in [3.63, 3.8) is 0 Å². The van der Waals surface area contributed by atoms with Gasteiger partial charge in [0.05, 0.1) is 6.26 Å². The first-order chi connectivity index (χ1) is 9.27. The van der Waals surface area contributed by atoms with Crippen molar-refractivity contribution >= 4 is 22.3 Å². The van der Waals surface area contributed by atoms with E-state index >= 15 is 0 Å². The SMILES string of the molecule is O=C1C(=O)c2c(ccc3ccccc23)-c2ccoc21. The highest BCUT2D eigenvalue weighted by atomic mass is 16.3. The zero-order valence-corrected chi connectivity index (χ0v) is 9.84. The van der Waals surface area contributed by atoms with Gasteiger partial charge in [-0.1, -0.05) is 36.4 Å². The van der Waals surface area contributed by atoms with E-state index in [-0.39, 0.29) is 5.76 Å². The van der Waals surface area contributed by atoms with Crippen LogP contribution in [0.3, 0.4) is 0 Å². The normalized spacial score (nSPS) is 13.5. The minimum atomic E-state index is -0.566.